The van der Waals surface area contributed by atoms with Crippen LogP contribution < -0.4 is 4.90 Å². The predicted molar refractivity (Wildman–Crippen MR) is 101 cm³/mol. The van der Waals surface area contributed by atoms with Crippen molar-refractivity contribution in [3.63, 3.8) is 0 Å². The number of halogens is 1. The summed E-state index contributed by atoms with van der Waals surface area (Å²) in [6.45, 7) is 2.21. The van der Waals surface area contributed by atoms with Gasteiger partial charge in [0.05, 0.1) is 5.69 Å². The number of likely N-dealkylation sites (N-methyl/N-ethyl adjacent to an activating group) is 1. The van der Waals surface area contributed by atoms with E-state index in [1.165, 1.54) is 21.1 Å². The molecule has 7 heteroatoms. The minimum absolute atomic E-state index is 0.0961. The first-order chi connectivity index (χ1) is 11.5. The lowest BCUT2D eigenvalue weighted by Gasteiger charge is -2.36. The van der Waals surface area contributed by atoms with Crippen LogP contribution in [0.15, 0.2) is 46.7 Å². The van der Waals surface area contributed by atoms with Gasteiger partial charge in [0.15, 0.2) is 5.11 Å². The molecule has 1 aliphatic rings. The zero-order chi connectivity index (χ0) is 17.3. The highest BCUT2D eigenvalue weighted by Gasteiger charge is 2.39. The molecule has 1 aromatic carbocycles. The van der Waals surface area contributed by atoms with Crippen LogP contribution in [0.3, 0.4) is 0 Å². The zero-order valence-electron chi connectivity index (χ0n) is 12.7. The summed E-state index contributed by atoms with van der Waals surface area (Å²) in [7, 11) is 0. The van der Waals surface area contributed by atoms with Crippen molar-refractivity contribution in [3.05, 3.63) is 57.3 Å². The molecule has 0 atom stereocenters. The van der Waals surface area contributed by atoms with E-state index < -0.39 is 5.91 Å². The lowest BCUT2D eigenvalue weighted by molar-refractivity contribution is -0.127. The molecule has 0 saturated carbocycles. The van der Waals surface area contributed by atoms with Gasteiger partial charge in [-0.2, -0.15) is 11.3 Å². The predicted octanol–water partition coefficient (Wildman–Crippen LogP) is 3.97. The smallest absolute Gasteiger partial charge is 0.270 e. The first kappa shape index (κ1) is 16.8. The summed E-state index contributed by atoms with van der Waals surface area (Å²) in [5.41, 5.74) is 1.49. The Morgan fingerprint density at radius 1 is 1.17 bits per heavy atom. The van der Waals surface area contributed by atoms with Crippen LogP contribution in [0.1, 0.15) is 12.5 Å². The average molecular weight is 377 g/mol. The minimum Gasteiger partial charge on any atom is -0.285 e. The van der Waals surface area contributed by atoms with Crippen molar-refractivity contribution in [2.45, 2.75) is 6.92 Å². The average Bonchev–Trinajstić information content (AvgIpc) is 3.07. The van der Waals surface area contributed by atoms with E-state index in [-0.39, 0.29) is 16.6 Å². The van der Waals surface area contributed by atoms with Gasteiger partial charge in [-0.3, -0.25) is 19.4 Å². The summed E-state index contributed by atoms with van der Waals surface area (Å²) in [4.78, 5) is 28.3. The van der Waals surface area contributed by atoms with Gasteiger partial charge in [-0.15, -0.1) is 0 Å². The van der Waals surface area contributed by atoms with Crippen molar-refractivity contribution in [2.75, 3.05) is 11.4 Å². The Kier molecular flexibility index (Phi) is 4.80. The van der Waals surface area contributed by atoms with Gasteiger partial charge >= 0.3 is 0 Å². The van der Waals surface area contributed by atoms with E-state index in [0.29, 0.717) is 17.3 Å². The van der Waals surface area contributed by atoms with Gasteiger partial charge in [0, 0.05) is 11.6 Å². The molecule has 24 heavy (non-hydrogen) atoms. The van der Waals surface area contributed by atoms with Crippen LogP contribution in [0.5, 0.6) is 0 Å². The maximum Gasteiger partial charge on any atom is 0.270 e. The summed E-state index contributed by atoms with van der Waals surface area (Å²) in [5, 5.41) is 4.51. The monoisotopic (exact) mass is 376 g/mol. The normalized spacial score (nSPS) is 17.1. The number of nitrogens with zero attached hydrogens (tertiary/aromatic N) is 2. The van der Waals surface area contributed by atoms with Crippen molar-refractivity contribution >= 4 is 63.8 Å². The van der Waals surface area contributed by atoms with E-state index in [2.05, 4.69) is 0 Å². The highest BCUT2D eigenvalue weighted by molar-refractivity contribution is 7.80. The molecule has 1 aliphatic heterocycles. The Bertz CT molecular complexity index is 829. The third-order valence-corrected chi connectivity index (χ3v) is 4.94. The van der Waals surface area contributed by atoms with E-state index in [4.69, 9.17) is 23.8 Å². The Morgan fingerprint density at radius 3 is 2.46 bits per heavy atom. The number of thiocarbonyl (C=S) groups is 1. The molecule has 0 unspecified atom stereocenters. The molecular formula is C17H13ClN2O2S2. The standard InChI is InChI=1S/C17H13ClN2O2S2/c1-2-19-15(21)14(9-11-7-8-24-10-11)16(22)20(17(19)23)13-5-3-12(18)4-6-13/h3-10H,2H2,1H3/b14-9-. The molecule has 2 amide bonds. The van der Waals surface area contributed by atoms with Crippen LogP contribution in [0.4, 0.5) is 5.69 Å². The van der Waals surface area contributed by atoms with E-state index >= 15 is 0 Å². The molecular weight excluding hydrogens is 364 g/mol. The fourth-order valence-electron chi connectivity index (χ4n) is 2.40. The number of benzene rings is 1. The summed E-state index contributed by atoms with van der Waals surface area (Å²) in [5.74, 6) is -0.799. The van der Waals surface area contributed by atoms with Gasteiger partial charge in [0.1, 0.15) is 5.57 Å². The van der Waals surface area contributed by atoms with E-state index in [1.807, 2.05) is 23.8 Å². The Hall–Kier alpha value is -2.02. The molecule has 3 rings (SSSR count). The van der Waals surface area contributed by atoms with E-state index in [9.17, 15) is 9.59 Å². The van der Waals surface area contributed by atoms with Crippen LogP contribution in [0.25, 0.3) is 6.08 Å². The summed E-state index contributed by atoms with van der Waals surface area (Å²) in [6.07, 6.45) is 1.61. The molecule has 2 aromatic rings. The second-order valence-corrected chi connectivity index (χ2v) is 6.65. The number of carbonyl (C=O) groups is 2. The third-order valence-electron chi connectivity index (χ3n) is 3.59. The van der Waals surface area contributed by atoms with E-state index in [0.717, 1.165) is 5.56 Å². The topological polar surface area (TPSA) is 40.6 Å². The van der Waals surface area contributed by atoms with Gasteiger partial charge < -0.3 is 0 Å². The van der Waals surface area contributed by atoms with Crippen LogP contribution in [0.2, 0.25) is 5.02 Å². The van der Waals surface area contributed by atoms with Crippen molar-refractivity contribution in [3.8, 4) is 0 Å². The molecule has 0 bridgehead atoms. The highest BCUT2D eigenvalue weighted by atomic mass is 35.5. The van der Waals surface area contributed by atoms with Gasteiger partial charge in [-0.1, -0.05) is 11.6 Å². The summed E-state index contributed by atoms with van der Waals surface area (Å²) in [6, 6.07) is 8.63. The first-order valence-corrected chi connectivity index (χ1v) is 8.95. The van der Waals surface area contributed by atoms with E-state index in [1.54, 1.807) is 30.3 Å². The molecule has 0 aliphatic carbocycles. The highest BCUT2D eigenvalue weighted by Crippen LogP contribution is 2.27. The number of amides is 2. The lowest BCUT2D eigenvalue weighted by Crippen LogP contribution is -2.56. The van der Waals surface area contributed by atoms with Gasteiger partial charge in [0.25, 0.3) is 11.8 Å². The number of hydrogen-bond acceptors (Lipinski definition) is 4. The minimum atomic E-state index is -0.428. The molecule has 2 heterocycles. The van der Waals surface area contributed by atoms with Crippen molar-refractivity contribution < 1.29 is 9.59 Å². The van der Waals surface area contributed by atoms with Crippen LogP contribution >= 0.6 is 35.2 Å². The molecule has 1 fully saturated rings. The van der Waals surface area contributed by atoms with Crippen LogP contribution in [0, 0.1) is 0 Å². The second kappa shape index (κ2) is 6.84. The maximum atomic E-state index is 12.9. The first-order valence-electron chi connectivity index (χ1n) is 7.22. The molecule has 1 saturated heterocycles. The van der Waals surface area contributed by atoms with Gasteiger partial charge in [0.2, 0.25) is 0 Å². The quantitative estimate of drug-likeness (QED) is 0.462. The molecule has 1 aromatic heterocycles. The summed E-state index contributed by atoms with van der Waals surface area (Å²) < 4.78 is 0. The molecule has 0 spiro atoms. The Labute approximate surface area is 153 Å². The van der Waals surface area contributed by atoms with Gasteiger partial charge in [-0.05, 0) is 71.9 Å². The Morgan fingerprint density at radius 2 is 1.88 bits per heavy atom. The SMILES string of the molecule is CCN1C(=O)/C(=C/c2ccsc2)C(=O)N(c2ccc(Cl)cc2)C1=S. The second-order valence-electron chi connectivity index (χ2n) is 5.06. The zero-order valence-corrected chi connectivity index (χ0v) is 15.1. The lowest BCUT2D eigenvalue weighted by atomic mass is 10.1. The molecule has 0 radical (unpaired) electrons. The van der Waals surface area contributed by atoms with Crippen LogP contribution in [-0.4, -0.2) is 28.4 Å². The van der Waals surface area contributed by atoms with Crippen LogP contribution in [-0.2, 0) is 9.59 Å². The fourth-order valence-corrected chi connectivity index (χ4v) is 3.54. The number of thiophene rings is 1. The fraction of sp³-hybridized carbons (Fsp3) is 0.118. The number of hydrogen-bond donors (Lipinski definition) is 0. The van der Waals surface area contributed by atoms with Gasteiger partial charge in [-0.25, -0.2) is 0 Å². The number of carbonyl (C=O) groups excluding carboxylic acids is 2. The molecule has 4 nitrogen and oxygen atoms in total. The molecule has 0 N–H and O–H groups in total. The number of anilines is 1. The largest absolute Gasteiger partial charge is 0.285 e. The number of rotatable bonds is 3. The van der Waals surface area contributed by atoms with Crippen molar-refractivity contribution in [2.24, 2.45) is 0 Å². The van der Waals surface area contributed by atoms with Crippen molar-refractivity contribution in [1.82, 2.24) is 4.90 Å². The summed E-state index contributed by atoms with van der Waals surface area (Å²) >= 11 is 12.8. The maximum absolute atomic E-state index is 12.9. The molecule has 122 valence electrons. The Balaban J connectivity index is 2.08. The third kappa shape index (κ3) is 3.00. The van der Waals surface area contributed by atoms with Crippen molar-refractivity contribution in [1.29, 1.82) is 0 Å².